The van der Waals surface area contributed by atoms with Gasteiger partial charge in [-0.1, -0.05) is 5.16 Å². The first-order chi connectivity index (χ1) is 11.4. The maximum Gasteiger partial charge on any atom is 0.433 e. The molecule has 1 N–H and O–H groups in total. The number of alkyl halides is 3. The Morgan fingerprint density at radius 2 is 2.04 bits per heavy atom. The van der Waals surface area contributed by atoms with Gasteiger partial charge in [-0.3, -0.25) is 4.90 Å². The fraction of sp³-hybridized carbons (Fsp3) is 0.571. The number of nitrogens with one attached hydrogen (secondary N) is 1. The smallest absolute Gasteiger partial charge is 0.367 e. The van der Waals surface area contributed by atoms with Gasteiger partial charge in [0.05, 0.1) is 6.54 Å². The minimum Gasteiger partial charge on any atom is -0.367 e. The van der Waals surface area contributed by atoms with E-state index in [4.69, 9.17) is 4.52 Å². The Hall–Kier alpha value is -2.23. The third kappa shape index (κ3) is 4.19. The van der Waals surface area contributed by atoms with Gasteiger partial charge in [0.2, 0.25) is 5.89 Å². The van der Waals surface area contributed by atoms with E-state index in [0.717, 1.165) is 38.3 Å². The van der Waals surface area contributed by atoms with Gasteiger partial charge in [-0.05, 0) is 19.8 Å². The molecule has 2 aromatic heterocycles. The zero-order valence-corrected chi connectivity index (χ0v) is 13.0. The van der Waals surface area contributed by atoms with Crippen LogP contribution in [0.2, 0.25) is 0 Å². The van der Waals surface area contributed by atoms with Gasteiger partial charge < -0.3 is 9.84 Å². The number of halogens is 3. The Morgan fingerprint density at radius 1 is 1.29 bits per heavy atom. The molecule has 3 rings (SSSR count). The van der Waals surface area contributed by atoms with E-state index in [9.17, 15) is 13.2 Å². The first kappa shape index (κ1) is 16.6. The quantitative estimate of drug-likeness (QED) is 0.913. The van der Waals surface area contributed by atoms with Gasteiger partial charge in [0.25, 0.3) is 0 Å². The molecule has 1 aliphatic heterocycles. The van der Waals surface area contributed by atoms with Crippen LogP contribution in [0.25, 0.3) is 0 Å². The molecule has 0 aromatic carbocycles. The lowest BCUT2D eigenvalue weighted by Gasteiger charge is -2.31. The van der Waals surface area contributed by atoms with Crippen LogP contribution >= 0.6 is 0 Å². The van der Waals surface area contributed by atoms with E-state index >= 15 is 0 Å². The van der Waals surface area contributed by atoms with Gasteiger partial charge in [0.15, 0.2) is 5.82 Å². The second kappa shape index (κ2) is 6.71. The summed E-state index contributed by atoms with van der Waals surface area (Å²) in [7, 11) is 0. The summed E-state index contributed by atoms with van der Waals surface area (Å²) in [5.41, 5.74) is -0.941. The van der Waals surface area contributed by atoms with E-state index in [2.05, 4.69) is 30.3 Å². The van der Waals surface area contributed by atoms with Crippen LogP contribution < -0.4 is 5.32 Å². The number of piperidine rings is 1. The number of likely N-dealkylation sites (tertiary alicyclic amines) is 1. The number of hydrogen-bond donors (Lipinski definition) is 1. The van der Waals surface area contributed by atoms with Crippen molar-refractivity contribution in [3.8, 4) is 0 Å². The average molecular weight is 342 g/mol. The molecule has 1 aliphatic rings. The van der Waals surface area contributed by atoms with Crippen molar-refractivity contribution in [2.45, 2.75) is 38.5 Å². The molecule has 10 heteroatoms. The number of hydrogen-bond acceptors (Lipinski definition) is 7. The third-order valence-corrected chi connectivity index (χ3v) is 3.83. The van der Waals surface area contributed by atoms with Gasteiger partial charge in [-0.2, -0.15) is 18.2 Å². The molecule has 0 unspecified atom stereocenters. The highest BCUT2D eigenvalue weighted by atomic mass is 19.4. The normalized spacial score (nSPS) is 17.2. The molecule has 0 radical (unpaired) electrons. The summed E-state index contributed by atoms with van der Waals surface area (Å²) >= 11 is 0. The standard InChI is InChI=1S/C14H17F3N6O/c1-9-20-13(24-22-9)7-23-4-2-10(3-5-23)21-12-6-11(14(15,16)17)18-8-19-12/h6,8,10H,2-5,7H2,1H3,(H,18,19,21). The van der Waals surface area contributed by atoms with E-state index in [1.807, 2.05) is 0 Å². The van der Waals surface area contributed by atoms with Crippen molar-refractivity contribution in [1.82, 2.24) is 25.0 Å². The van der Waals surface area contributed by atoms with Crippen LogP contribution in [0.3, 0.4) is 0 Å². The molecule has 0 spiro atoms. The largest absolute Gasteiger partial charge is 0.433 e. The van der Waals surface area contributed by atoms with Gasteiger partial charge in [0, 0.05) is 25.2 Å². The highest BCUT2D eigenvalue weighted by Gasteiger charge is 2.33. The Labute approximate surface area is 136 Å². The van der Waals surface area contributed by atoms with Gasteiger partial charge in [-0.15, -0.1) is 0 Å². The van der Waals surface area contributed by atoms with Gasteiger partial charge in [-0.25, -0.2) is 9.97 Å². The van der Waals surface area contributed by atoms with Crippen molar-refractivity contribution in [2.24, 2.45) is 0 Å². The van der Waals surface area contributed by atoms with Crippen LogP contribution in [-0.4, -0.2) is 44.1 Å². The molecule has 7 nitrogen and oxygen atoms in total. The summed E-state index contributed by atoms with van der Waals surface area (Å²) in [6, 6.07) is 1.01. The predicted octanol–water partition coefficient (Wildman–Crippen LogP) is 2.26. The highest BCUT2D eigenvalue weighted by molar-refractivity contribution is 5.36. The van der Waals surface area contributed by atoms with Crippen molar-refractivity contribution in [3.63, 3.8) is 0 Å². The summed E-state index contributed by atoms with van der Waals surface area (Å²) in [6.45, 7) is 3.92. The minimum absolute atomic E-state index is 0.0710. The molecule has 24 heavy (non-hydrogen) atoms. The Kier molecular flexibility index (Phi) is 4.65. The number of aryl methyl sites for hydroxylation is 1. The van der Waals surface area contributed by atoms with E-state index in [0.29, 0.717) is 18.3 Å². The first-order valence-corrected chi connectivity index (χ1v) is 7.57. The fourth-order valence-corrected chi connectivity index (χ4v) is 2.63. The number of rotatable bonds is 4. The fourth-order valence-electron chi connectivity index (χ4n) is 2.63. The molecule has 130 valence electrons. The van der Waals surface area contributed by atoms with E-state index in [1.165, 1.54) is 0 Å². The van der Waals surface area contributed by atoms with Crippen LogP contribution in [0.15, 0.2) is 16.9 Å². The summed E-state index contributed by atoms with van der Waals surface area (Å²) in [5, 5.41) is 6.80. The van der Waals surface area contributed by atoms with E-state index < -0.39 is 11.9 Å². The summed E-state index contributed by atoms with van der Waals surface area (Å²) < 4.78 is 43.1. The molecule has 2 aromatic rings. The monoisotopic (exact) mass is 342 g/mol. The van der Waals surface area contributed by atoms with Gasteiger partial charge in [0.1, 0.15) is 17.8 Å². The van der Waals surface area contributed by atoms with E-state index in [-0.39, 0.29) is 11.9 Å². The lowest BCUT2D eigenvalue weighted by molar-refractivity contribution is -0.141. The van der Waals surface area contributed by atoms with Crippen molar-refractivity contribution in [1.29, 1.82) is 0 Å². The molecule has 3 heterocycles. The lowest BCUT2D eigenvalue weighted by atomic mass is 10.1. The average Bonchev–Trinajstić information content (AvgIpc) is 2.94. The summed E-state index contributed by atoms with van der Waals surface area (Å²) in [6.07, 6.45) is -1.96. The lowest BCUT2D eigenvalue weighted by Crippen LogP contribution is -2.38. The maximum atomic E-state index is 12.7. The molecular weight excluding hydrogens is 325 g/mol. The van der Waals surface area contributed by atoms with Gasteiger partial charge >= 0.3 is 6.18 Å². The molecule has 0 atom stereocenters. The number of nitrogens with zero attached hydrogens (tertiary/aromatic N) is 5. The first-order valence-electron chi connectivity index (χ1n) is 7.57. The predicted molar refractivity (Wildman–Crippen MR) is 78.0 cm³/mol. The summed E-state index contributed by atoms with van der Waals surface area (Å²) in [4.78, 5) is 13.5. The molecule has 1 fully saturated rings. The molecule has 0 aliphatic carbocycles. The molecule has 0 bridgehead atoms. The molecule has 0 amide bonds. The Bertz CT molecular complexity index is 681. The van der Waals surface area contributed by atoms with Crippen molar-refractivity contribution in [3.05, 3.63) is 29.8 Å². The molecular formula is C14H17F3N6O. The number of anilines is 1. The van der Waals surface area contributed by atoms with Crippen molar-refractivity contribution < 1.29 is 17.7 Å². The minimum atomic E-state index is -4.47. The van der Waals surface area contributed by atoms with Crippen molar-refractivity contribution >= 4 is 5.82 Å². The van der Waals surface area contributed by atoms with E-state index in [1.54, 1.807) is 6.92 Å². The zero-order chi connectivity index (χ0) is 17.2. The second-order valence-electron chi connectivity index (χ2n) is 5.72. The van der Waals surface area contributed by atoms with Crippen LogP contribution in [0.1, 0.15) is 30.3 Å². The summed E-state index contributed by atoms with van der Waals surface area (Å²) in [5.74, 6) is 1.37. The second-order valence-corrected chi connectivity index (χ2v) is 5.72. The van der Waals surface area contributed by atoms with Crippen LogP contribution in [0.5, 0.6) is 0 Å². The van der Waals surface area contributed by atoms with Crippen molar-refractivity contribution in [2.75, 3.05) is 18.4 Å². The highest BCUT2D eigenvalue weighted by Crippen LogP contribution is 2.28. The van der Waals surface area contributed by atoms with Crippen LogP contribution in [0.4, 0.5) is 19.0 Å². The molecule has 1 saturated heterocycles. The Balaban J connectivity index is 1.52. The SMILES string of the molecule is Cc1noc(CN2CCC(Nc3cc(C(F)(F)F)ncn3)CC2)n1. The topological polar surface area (TPSA) is 80.0 Å². The molecule has 0 saturated carbocycles. The third-order valence-electron chi connectivity index (χ3n) is 3.83. The maximum absolute atomic E-state index is 12.7. The zero-order valence-electron chi connectivity index (χ0n) is 13.0. The van der Waals surface area contributed by atoms with Crippen LogP contribution in [-0.2, 0) is 12.7 Å². The van der Waals surface area contributed by atoms with Crippen LogP contribution in [0, 0.1) is 6.92 Å². The number of aromatic nitrogens is 4. The Morgan fingerprint density at radius 3 is 2.67 bits per heavy atom.